The number of nitrogens with zero attached hydrogens (tertiary/aromatic N) is 1. The van der Waals surface area contributed by atoms with Crippen LogP contribution in [0.4, 0.5) is 0 Å². The first-order valence-electron chi connectivity index (χ1n) is 6.70. The molecule has 1 atom stereocenters. The first-order chi connectivity index (χ1) is 7.60. The predicted molar refractivity (Wildman–Crippen MR) is 68.4 cm³/mol. The molecule has 0 aromatic carbocycles. The zero-order valence-electron chi connectivity index (χ0n) is 10.9. The molecular formula is C13H28N2O. The maximum absolute atomic E-state index is 9.35. The molecule has 96 valence electrons. The normalized spacial score (nSPS) is 23.1. The van der Waals surface area contributed by atoms with Crippen molar-refractivity contribution in [2.24, 2.45) is 5.73 Å². The monoisotopic (exact) mass is 228 g/mol. The van der Waals surface area contributed by atoms with E-state index in [4.69, 9.17) is 5.73 Å². The van der Waals surface area contributed by atoms with E-state index in [0.29, 0.717) is 0 Å². The molecule has 1 rings (SSSR count). The minimum atomic E-state index is -0.206. The molecule has 0 radical (unpaired) electrons. The van der Waals surface area contributed by atoms with Gasteiger partial charge >= 0.3 is 0 Å². The van der Waals surface area contributed by atoms with Gasteiger partial charge in [-0.1, -0.05) is 25.7 Å². The molecule has 1 aliphatic carbocycles. The summed E-state index contributed by atoms with van der Waals surface area (Å²) in [6.07, 6.45) is 8.39. The van der Waals surface area contributed by atoms with Gasteiger partial charge in [0, 0.05) is 18.6 Å². The van der Waals surface area contributed by atoms with Crippen molar-refractivity contribution < 1.29 is 5.11 Å². The lowest BCUT2D eigenvalue weighted by Crippen LogP contribution is -2.52. The van der Waals surface area contributed by atoms with Gasteiger partial charge in [-0.2, -0.15) is 0 Å². The fourth-order valence-electron chi connectivity index (χ4n) is 2.75. The highest BCUT2D eigenvalue weighted by molar-refractivity contribution is 4.91. The zero-order valence-corrected chi connectivity index (χ0v) is 10.9. The van der Waals surface area contributed by atoms with E-state index < -0.39 is 0 Å². The topological polar surface area (TPSA) is 49.5 Å². The van der Waals surface area contributed by atoms with Crippen LogP contribution in [0.1, 0.15) is 51.9 Å². The highest BCUT2D eigenvalue weighted by atomic mass is 16.3. The van der Waals surface area contributed by atoms with Gasteiger partial charge in [0.15, 0.2) is 0 Å². The quantitative estimate of drug-likeness (QED) is 0.705. The molecule has 0 amide bonds. The number of hydrogen-bond donors (Lipinski definition) is 2. The Morgan fingerprint density at radius 3 is 2.25 bits per heavy atom. The average molecular weight is 228 g/mol. The maximum atomic E-state index is 9.35. The van der Waals surface area contributed by atoms with Crippen LogP contribution in [0, 0.1) is 0 Å². The number of aliphatic hydroxyl groups is 1. The second-order valence-electron chi connectivity index (χ2n) is 5.40. The van der Waals surface area contributed by atoms with Crippen LogP contribution in [0.5, 0.6) is 0 Å². The molecule has 0 aromatic rings. The first-order valence-corrected chi connectivity index (χ1v) is 6.70. The van der Waals surface area contributed by atoms with Crippen molar-refractivity contribution in [2.75, 3.05) is 20.1 Å². The van der Waals surface area contributed by atoms with Crippen LogP contribution in [0.15, 0.2) is 0 Å². The molecule has 0 aromatic heterocycles. The van der Waals surface area contributed by atoms with Crippen LogP contribution < -0.4 is 5.73 Å². The summed E-state index contributed by atoms with van der Waals surface area (Å²) in [4.78, 5) is 2.39. The van der Waals surface area contributed by atoms with Gasteiger partial charge in [-0.05, 0) is 33.2 Å². The van der Waals surface area contributed by atoms with E-state index in [9.17, 15) is 5.11 Å². The molecule has 3 N–H and O–H groups in total. The molecule has 3 nitrogen and oxygen atoms in total. The fraction of sp³-hybridized carbons (Fsp3) is 1.00. The van der Waals surface area contributed by atoms with Crippen molar-refractivity contribution in [1.82, 2.24) is 4.90 Å². The lowest BCUT2D eigenvalue weighted by Gasteiger charge is -2.41. The summed E-state index contributed by atoms with van der Waals surface area (Å²) in [5.41, 5.74) is 6.21. The van der Waals surface area contributed by atoms with Crippen LogP contribution in [0.2, 0.25) is 0 Å². The van der Waals surface area contributed by atoms with E-state index in [1.165, 1.54) is 38.5 Å². The molecule has 1 unspecified atom stereocenters. The van der Waals surface area contributed by atoms with E-state index in [2.05, 4.69) is 11.9 Å². The van der Waals surface area contributed by atoms with E-state index in [-0.39, 0.29) is 11.6 Å². The molecule has 0 saturated heterocycles. The molecule has 0 heterocycles. The van der Waals surface area contributed by atoms with Crippen molar-refractivity contribution in [3.63, 3.8) is 0 Å². The summed E-state index contributed by atoms with van der Waals surface area (Å²) in [5, 5.41) is 9.35. The smallest absolute Gasteiger partial charge is 0.0524 e. The van der Waals surface area contributed by atoms with Crippen LogP contribution in [-0.2, 0) is 0 Å². The summed E-state index contributed by atoms with van der Waals surface area (Å²) in [6, 6.07) is 0. The zero-order chi connectivity index (χ0) is 12.0. The largest absolute Gasteiger partial charge is 0.393 e. The van der Waals surface area contributed by atoms with Crippen molar-refractivity contribution >= 4 is 0 Å². The van der Waals surface area contributed by atoms with Crippen molar-refractivity contribution in [1.29, 1.82) is 0 Å². The Morgan fingerprint density at radius 1 is 1.25 bits per heavy atom. The Kier molecular flexibility index (Phi) is 5.73. The second-order valence-corrected chi connectivity index (χ2v) is 5.40. The van der Waals surface area contributed by atoms with Gasteiger partial charge in [0.2, 0.25) is 0 Å². The van der Waals surface area contributed by atoms with Crippen LogP contribution in [-0.4, -0.2) is 41.8 Å². The molecule has 0 aliphatic heterocycles. The van der Waals surface area contributed by atoms with Gasteiger partial charge in [-0.25, -0.2) is 0 Å². The second kappa shape index (κ2) is 6.58. The summed E-state index contributed by atoms with van der Waals surface area (Å²) < 4.78 is 0. The fourth-order valence-corrected chi connectivity index (χ4v) is 2.75. The van der Waals surface area contributed by atoms with Crippen LogP contribution in [0.3, 0.4) is 0 Å². The molecule has 0 spiro atoms. The Hall–Kier alpha value is -0.120. The third kappa shape index (κ3) is 3.72. The summed E-state index contributed by atoms with van der Waals surface area (Å²) in [7, 11) is 2.17. The maximum Gasteiger partial charge on any atom is 0.0524 e. The summed E-state index contributed by atoms with van der Waals surface area (Å²) in [6.45, 7) is 3.56. The standard InChI is InChI=1S/C13H28N2O/c1-12(16)7-10-15(2)13(11-14)8-5-3-4-6-9-13/h12,16H,3-11,14H2,1-2H3. The molecule has 1 saturated carbocycles. The lowest BCUT2D eigenvalue weighted by molar-refractivity contribution is 0.0841. The van der Waals surface area contributed by atoms with E-state index in [1.54, 1.807) is 0 Å². The van der Waals surface area contributed by atoms with Gasteiger partial charge in [-0.3, -0.25) is 4.90 Å². The van der Waals surface area contributed by atoms with Crippen molar-refractivity contribution in [3.05, 3.63) is 0 Å². The molecule has 0 bridgehead atoms. The highest BCUT2D eigenvalue weighted by Crippen LogP contribution is 2.31. The predicted octanol–water partition coefficient (Wildman–Crippen LogP) is 1.74. The Morgan fingerprint density at radius 2 is 1.81 bits per heavy atom. The molecule has 1 fully saturated rings. The third-order valence-corrected chi connectivity index (χ3v) is 4.11. The molecule has 3 heteroatoms. The summed E-state index contributed by atoms with van der Waals surface area (Å²) >= 11 is 0. The minimum absolute atomic E-state index is 0.200. The lowest BCUT2D eigenvalue weighted by atomic mass is 9.88. The van der Waals surface area contributed by atoms with Gasteiger partial charge in [0.05, 0.1) is 6.10 Å². The molecular weight excluding hydrogens is 200 g/mol. The van der Waals surface area contributed by atoms with Crippen molar-refractivity contribution in [3.8, 4) is 0 Å². The van der Waals surface area contributed by atoms with E-state index in [0.717, 1.165) is 19.5 Å². The number of likely N-dealkylation sites (N-methyl/N-ethyl adjacent to an activating group) is 1. The van der Waals surface area contributed by atoms with Gasteiger partial charge in [0.1, 0.15) is 0 Å². The van der Waals surface area contributed by atoms with Gasteiger partial charge < -0.3 is 10.8 Å². The van der Waals surface area contributed by atoms with Gasteiger partial charge in [-0.15, -0.1) is 0 Å². The summed E-state index contributed by atoms with van der Waals surface area (Å²) in [5.74, 6) is 0. The SMILES string of the molecule is CC(O)CCN(C)C1(CN)CCCCCC1. The average Bonchev–Trinajstić information content (AvgIpc) is 2.51. The Balaban J connectivity index is 2.54. The number of rotatable bonds is 5. The van der Waals surface area contributed by atoms with Crippen molar-refractivity contribution in [2.45, 2.75) is 63.5 Å². The number of nitrogens with two attached hydrogens (primary N) is 1. The Labute approximate surface area is 100 Å². The third-order valence-electron chi connectivity index (χ3n) is 4.11. The number of hydrogen-bond acceptors (Lipinski definition) is 3. The van der Waals surface area contributed by atoms with Crippen LogP contribution >= 0.6 is 0 Å². The first kappa shape index (κ1) is 13.9. The Bertz CT molecular complexity index is 186. The highest BCUT2D eigenvalue weighted by Gasteiger charge is 2.33. The van der Waals surface area contributed by atoms with Crippen LogP contribution in [0.25, 0.3) is 0 Å². The van der Waals surface area contributed by atoms with Gasteiger partial charge in [0.25, 0.3) is 0 Å². The molecule has 16 heavy (non-hydrogen) atoms. The minimum Gasteiger partial charge on any atom is -0.393 e. The number of aliphatic hydroxyl groups excluding tert-OH is 1. The van der Waals surface area contributed by atoms with E-state index >= 15 is 0 Å². The van der Waals surface area contributed by atoms with E-state index in [1.807, 2.05) is 6.92 Å². The molecule has 1 aliphatic rings.